The number of rotatable bonds is 6. The van der Waals surface area contributed by atoms with Crippen molar-refractivity contribution in [2.75, 3.05) is 88.5 Å². The average Bonchev–Trinajstić information content (AvgIpc) is 2.88. The highest BCUT2D eigenvalue weighted by Gasteiger charge is 2.42. The largest absolute Gasteiger partial charge is 0.380 e. The molecular weight excluding hydrogens is 428 g/mol. The topological polar surface area (TPSA) is 95.6 Å². The van der Waals surface area contributed by atoms with Gasteiger partial charge in [-0.3, -0.25) is 9.80 Å². The maximum Gasteiger partial charge on any atom is 0.142 e. The Balaban J connectivity index is 1.12. The van der Waals surface area contributed by atoms with E-state index in [1.807, 2.05) is 24.3 Å². The number of hydrogen-bond donors (Lipinski definition) is 0. The van der Waals surface area contributed by atoms with E-state index in [0.29, 0.717) is 11.4 Å². The van der Waals surface area contributed by atoms with Crippen LogP contribution < -0.4 is 9.80 Å². The third-order valence-corrected chi connectivity index (χ3v) is 7.02. The van der Waals surface area contributed by atoms with Gasteiger partial charge in [-0.2, -0.15) is 10.5 Å². The number of hydrogen-bond acceptors (Lipinski definition) is 9. The van der Waals surface area contributed by atoms with Gasteiger partial charge < -0.3 is 14.5 Å². The van der Waals surface area contributed by atoms with E-state index in [1.165, 1.54) is 0 Å². The minimum atomic E-state index is 0.197. The van der Waals surface area contributed by atoms with E-state index < -0.39 is 0 Å². The van der Waals surface area contributed by atoms with Crippen molar-refractivity contribution in [2.24, 2.45) is 5.41 Å². The van der Waals surface area contributed by atoms with Crippen LogP contribution in [0.5, 0.6) is 0 Å². The van der Waals surface area contributed by atoms with Crippen molar-refractivity contribution < 1.29 is 4.74 Å². The van der Waals surface area contributed by atoms with Crippen LogP contribution in [0.15, 0.2) is 36.4 Å². The van der Waals surface area contributed by atoms with Crippen molar-refractivity contribution in [3.63, 3.8) is 0 Å². The van der Waals surface area contributed by atoms with Gasteiger partial charge in [-0.05, 0) is 24.3 Å². The number of pyridine rings is 2. The fraction of sp³-hybridized carbons (Fsp3) is 0.520. The normalized spacial score (nSPS) is 20.9. The molecule has 0 radical (unpaired) electrons. The second-order valence-corrected chi connectivity index (χ2v) is 9.50. The van der Waals surface area contributed by atoms with Gasteiger partial charge in [0.25, 0.3) is 0 Å². The number of piperazine rings is 2. The molecule has 0 saturated carbocycles. The first kappa shape index (κ1) is 22.5. The molecule has 0 aromatic carbocycles. The standard InChI is InChI=1S/C25H30N8O/c26-15-21-3-1-5-23(28-21)32-11-7-30(8-12-32)17-25(19-34-20-25)18-31-9-13-33(14-10-31)24-6-2-4-22(16-27)29-24/h1-6H,7-14,17-20H2. The average molecular weight is 459 g/mol. The van der Waals surface area contributed by atoms with Crippen molar-refractivity contribution in [3.05, 3.63) is 47.8 Å². The van der Waals surface area contributed by atoms with Crippen molar-refractivity contribution in [1.82, 2.24) is 19.8 Å². The highest BCUT2D eigenvalue weighted by atomic mass is 16.5. The molecule has 2 aromatic rings. The maximum absolute atomic E-state index is 9.12. The van der Waals surface area contributed by atoms with E-state index in [2.05, 4.69) is 41.7 Å². The van der Waals surface area contributed by atoms with Gasteiger partial charge in [0, 0.05) is 70.9 Å². The molecule has 2 aromatic heterocycles. The number of anilines is 2. The minimum Gasteiger partial charge on any atom is -0.380 e. The fourth-order valence-corrected chi connectivity index (χ4v) is 5.17. The summed E-state index contributed by atoms with van der Waals surface area (Å²) < 4.78 is 5.70. The summed E-state index contributed by atoms with van der Waals surface area (Å²) in [6, 6.07) is 15.6. The van der Waals surface area contributed by atoms with Crippen LogP contribution >= 0.6 is 0 Å². The van der Waals surface area contributed by atoms with E-state index in [4.69, 9.17) is 15.3 Å². The molecular formula is C25H30N8O. The third-order valence-electron chi connectivity index (χ3n) is 7.02. The molecule has 9 nitrogen and oxygen atoms in total. The van der Waals surface area contributed by atoms with Crippen molar-refractivity contribution >= 4 is 11.6 Å². The second kappa shape index (κ2) is 9.94. The summed E-state index contributed by atoms with van der Waals surface area (Å²) in [7, 11) is 0. The van der Waals surface area contributed by atoms with Gasteiger partial charge in [-0.15, -0.1) is 0 Å². The Kier molecular flexibility index (Phi) is 6.59. The first-order valence-corrected chi connectivity index (χ1v) is 11.9. The fourth-order valence-electron chi connectivity index (χ4n) is 5.17. The van der Waals surface area contributed by atoms with Gasteiger partial charge in [0.15, 0.2) is 0 Å². The van der Waals surface area contributed by atoms with Gasteiger partial charge in [0.05, 0.1) is 13.2 Å². The Labute approximate surface area is 200 Å². The molecule has 3 aliphatic heterocycles. The van der Waals surface area contributed by atoms with Crippen LogP contribution in [-0.4, -0.2) is 98.4 Å². The molecule has 3 fully saturated rings. The van der Waals surface area contributed by atoms with Crippen molar-refractivity contribution in [2.45, 2.75) is 0 Å². The Morgan fingerprint density at radius 2 is 1.15 bits per heavy atom. The molecule has 0 atom stereocenters. The summed E-state index contributed by atoms with van der Waals surface area (Å²) >= 11 is 0. The summed E-state index contributed by atoms with van der Waals surface area (Å²) in [5, 5.41) is 18.2. The van der Waals surface area contributed by atoms with Crippen LogP contribution in [0.25, 0.3) is 0 Å². The summed E-state index contributed by atoms with van der Waals surface area (Å²) in [5.41, 5.74) is 1.14. The van der Waals surface area contributed by atoms with Gasteiger partial charge in [0.2, 0.25) is 0 Å². The zero-order chi connectivity index (χ0) is 23.4. The van der Waals surface area contributed by atoms with Gasteiger partial charge in [-0.1, -0.05) is 12.1 Å². The lowest BCUT2D eigenvalue weighted by Gasteiger charge is -2.49. The molecule has 0 unspecified atom stereocenters. The number of aromatic nitrogens is 2. The molecule has 9 heteroatoms. The lowest BCUT2D eigenvalue weighted by atomic mass is 9.84. The third kappa shape index (κ3) is 4.97. The smallest absolute Gasteiger partial charge is 0.142 e. The van der Waals surface area contributed by atoms with Crippen LogP contribution in [0.3, 0.4) is 0 Å². The molecule has 0 N–H and O–H groups in total. The molecule has 3 aliphatic rings. The summed E-state index contributed by atoms with van der Waals surface area (Å²) in [6.07, 6.45) is 0. The Bertz CT molecular complexity index is 991. The van der Waals surface area contributed by atoms with E-state index in [9.17, 15) is 0 Å². The lowest BCUT2D eigenvalue weighted by Crippen LogP contribution is -2.61. The first-order chi connectivity index (χ1) is 16.7. The predicted molar refractivity (Wildman–Crippen MR) is 128 cm³/mol. The molecule has 34 heavy (non-hydrogen) atoms. The molecule has 0 aliphatic carbocycles. The molecule has 176 valence electrons. The molecule has 5 rings (SSSR count). The van der Waals surface area contributed by atoms with Gasteiger partial charge in [0.1, 0.15) is 35.2 Å². The summed E-state index contributed by atoms with van der Waals surface area (Å²) in [6.45, 7) is 11.4. The van der Waals surface area contributed by atoms with Gasteiger partial charge >= 0.3 is 0 Å². The molecule has 0 bridgehead atoms. The summed E-state index contributed by atoms with van der Waals surface area (Å²) in [4.78, 5) is 18.6. The number of nitriles is 2. The zero-order valence-electron chi connectivity index (χ0n) is 19.4. The predicted octanol–water partition coefficient (Wildman–Crippen LogP) is 1.18. The monoisotopic (exact) mass is 458 g/mol. The van der Waals surface area contributed by atoms with Crippen molar-refractivity contribution in [1.29, 1.82) is 10.5 Å². The minimum absolute atomic E-state index is 0.197. The quantitative estimate of drug-likeness (QED) is 0.632. The Morgan fingerprint density at radius 1 is 0.706 bits per heavy atom. The van der Waals surface area contributed by atoms with Crippen LogP contribution in [0.2, 0.25) is 0 Å². The SMILES string of the molecule is N#Cc1cccc(N2CCN(CC3(CN4CCN(c5cccc(C#N)n5)CC4)COC3)CC2)n1. The van der Waals surface area contributed by atoms with E-state index in [1.54, 1.807) is 12.1 Å². The van der Waals surface area contributed by atoms with Crippen LogP contribution in [0.1, 0.15) is 11.4 Å². The van der Waals surface area contributed by atoms with E-state index >= 15 is 0 Å². The first-order valence-electron chi connectivity index (χ1n) is 11.9. The van der Waals surface area contributed by atoms with Crippen LogP contribution in [0.4, 0.5) is 11.6 Å². The molecule has 3 saturated heterocycles. The number of nitrogens with zero attached hydrogens (tertiary/aromatic N) is 8. The Morgan fingerprint density at radius 3 is 1.50 bits per heavy atom. The van der Waals surface area contributed by atoms with Crippen LogP contribution in [0, 0.1) is 28.1 Å². The maximum atomic E-state index is 9.12. The van der Waals surface area contributed by atoms with E-state index in [0.717, 1.165) is 90.3 Å². The lowest BCUT2D eigenvalue weighted by molar-refractivity contribution is -0.139. The van der Waals surface area contributed by atoms with Crippen LogP contribution in [-0.2, 0) is 4.74 Å². The van der Waals surface area contributed by atoms with Crippen molar-refractivity contribution in [3.8, 4) is 12.1 Å². The van der Waals surface area contributed by atoms with Gasteiger partial charge in [-0.25, -0.2) is 9.97 Å². The highest BCUT2D eigenvalue weighted by molar-refractivity contribution is 5.43. The second-order valence-electron chi connectivity index (χ2n) is 9.50. The van der Waals surface area contributed by atoms with E-state index in [-0.39, 0.29) is 5.41 Å². The molecule has 0 amide bonds. The Hall–Kier alpha value is -3.24. The molecule has 5 heterocycles. The zero-order valence-corrected chi connectivity index (χ0v) is 19.4. The molecule has 0 spiro atoms. The summed E-state index contributed by atoms with van der Waals surface area (Å²) in [5.74, 6) is 1.79. The number of ether oxygens (including phenoxy) is 1. The highest BCUT2D eigenvalue weighted by Crippen LogP contribution is 2.31.